The number of carbonyl (C=O) groups is 1. The van der Waals surface area contributed by atoms with Crippen LogP contribution in [0.3, 0.4) is 0 Å². The maximum atomic E-state index is 12.6. The van der Waals surface area contributed by atoms with E-state index >= 15 is 0 Å². The van der Waals surface area contributed by atoms with Gasteiger partial charge in [-0.3, -0.25) is 4.79 Å². The molecular weight excluding hydrogens is 253 g/mol. The van der Waals surface area contributed by atoms with Crippen molar-refractivity contribution in [3.8, 4) is 0 Å². The Morgan fingerprint density at radius 1 is 1.15 bits per heavy atom. The average molecular weight is 281 g/mol. The predicted octanol–water partition coefficient (Wildman–Crippen LogP) is 2.65. The van der Waals surface area contributed by atoms with E-state index in [1.54, 1.807) is 0 Å². The smallest absolute Gasteiger partial charge is 0.402 e. The Bertz CT molecular complexity index is 384. The summed E-state index contributed by atoms with van der Waals surface area (Å²) in [6, 6.07) is 0. The first-order valence-electron chi connectivity index (χ1n) is 7.62. The highest BCUT2D eigenvalue weighted by atomic mass is 16.7. The maximum Gasteiger partial charge on any atom is 0.482 e. The SMILES string of the molecule is CC(C)(C)C(=O)N1CCCC1B1OC(C)(C)C(C)(C)O1. The van der Waals surface area contributed by atoms with Crippen molar-refractivity contribution in [2.75, 3.05) is 6.54 Å². The summed E-state index contributed by atoms with van der Waals surface area (Å²) in [6.45, 7) is 14.9. The van der Waals surface area contributed by atoms with E-state index in [1.165, 1.54) is 0 Å². The molecule has 0 aliphatic carbocycles. The molecule has 2 aliphatic heterocycles. The maximum absolute atomic E-state index is 12.6. The molecule has 0 aromatic heterocycles. The van der Waals surface area contributed by atoms with Gasteiger partial charge < -0.3 is 14.2 Å². The lowest BCUT2D eigenvalue weighted by Crippen LogP contribution is -2.50. The number of amides is 1. The second-order valence-corrected chi connectivity index (χ2v) is 8.08. The highest BCUT2D eigenvalue weighted by molar-refractivity contribution is 6.48. The van der Waals surface area contributed by atoms with Crippen LogP contribution in [0.15, 0.2) is 0 Å². The van der Waals surface area contributed by atoms with Crippen molar-refractivity contribution in [3.63, 3.8) is 0 Å². The predicted molar refractivity (Wildman–Crippen MR) is 80.3 cm³/mol. The highest BCUT2D eigenvalue weighted by Gasteiger charge is 2.56. The van der Waals surface area contributed by atoms with Gasteiger partial charge in [0.1, 0.15) is 0 Å². The molecule has 2 saturated heterocycles. The van der Waals surface area contributed by atoms with E-state index in [1.807, 2.05) is 25.7 Å². The first-order valence-corrected chi connectivity index (χ1v) is 7.62. The Hall–Kier alpha value is -0.545. The molecule has 0 radical (unpaired) electrons. The zero-order valence-electron chi connectivity index (χ0n) is 13.9. The Kier molecular flexibility index (Phi) is 3.75. The van der Waals surface area contributed by atoms with Gasteiger partial charge in [0.25, 0.3) is 0 Å². The van der Waals surface area contributed by atoms with Crippen molar-refractivity contribution < 1.29 is 14.1 Å². The van der Waals surface area contributed by atoms with Crippen molar-refractivity contribution >= 4 is 13.0 Å². The molecule has 1 atom stereocenters. The Labute approximate surface area is 123 Å². The topological polar surface area (TPSA) is 38.8 Å². The van der Waals surface area contributed by atoms with Crippen LogP contribution in [0.2, 0.25) is 0 Å². The third kappa shape index (κ3) is 2.62. The molecule has 4 nitrogen and oxygen atoms in total. The summed E-state index contributed by atoms with van der Waals surface area (Å²) in [5.74, 6) is 0.234. The number of hydrogen-bond acceptors (Lipinski definition) is 3. The second-order valence-electron chi connectivity index (χ2n) is 8.08. The van der Waals surface area contributed by atoms with Gasteiger partial charge in [-0.25, -0.2) is 0 Å². The third-order valence-corrected chi connectivity index (χ3v) is 4.79. The summed E-state index contributed by atoms with van der Waals surface area (Å²) < 4.78 is 12.2. The van der Waals surface area contributed by atoms with Crippen LogP contribution in [0, 0.1) is 5.41 Å². The van der Waals surface area contributed by atoms with Gasteiger partial charge in [0.05, 0.1) is 17.1 Å². The molecule has 1 amide bonds. The number of likely N-dealkylation sites (tertiary alicyclic amines) is 1. The fourth-order valence-corrected chi connectivity index (χ4v) is 2.80. The molecule has 0 N–H and O–H groups in total. The van der Waals surface area contributed by atoms with Crippen molar-refractivity contribution in [2.45, 2.75) is 78.5 Å². The lowest BCUT2D eigenvalue weighted by Gasteiger charge is -2.32. The van der Waals surface area contributed by atoms with E-state index < -0.39 is 0 Å². The van der Waals surface area contributed by atoms with Crippen LogP contribution in [0.1, 0.15) is 61.3 Å². The van der Waals surface area contributed by atoms with Gasteiger partial charge in [-0.05, 0) is 40.5 Å². The zero-order valence-corrected chi connectivity index (χ0v) is 13.9. The van der Waals surface area contributed by atoms with Crippen molar-refractivity contribution in [3.05, 3.63) is 0 Å². The van der Waals surface area contributed by atoms with Crippen LogP contribution in [0.25, 0.3) is 0 Å². The van der Waals surface area contributed by atoms with E-state index in [0.29, 0.717) is 0 Å². The van der Waals surface area contributed by atoms with Gasteiger partial charge in [0.2, 0.25) is 5.91 Å². The molecule has 0 aromatic rings. The minimum absolute atomic E-state index is 0.0442. The highest BCUT2D eigenvalue weighted by Crippen LogP contribution is 2.40. The third-order valence-electron chi connectivity index (χ3n) is 4.79. The fourth-order valence-electron chi connectivity index (χ4n) is 2.80. The molecule has 0 aromatic carbocycles. The monoisotopic (exact) mass is 281 g/mol. The molecule has 5 heteroatoms. The lowest BCUT2D eigenvalue weighted by molar-refractivity contribution is -0.139. The first-order chi connectivity index (χ1) is 8.96. The van der Waals surface area contributed by atoms with Gasteiger partial charge in [-0.15, -0.1) is 0 Å². The molecule has 0 saturated carbocycles. The molecule has 0 bridgehead atoms. The number of carbonyl (C=O) groups excluding carboxylic acids is 1. The van der Waals surface area contributed by atoms with Crippen molar-refractivity contribution in [1.29, 1.82) is 0 Å². The van der Waals surface area contributed by atoms with E-state index in [9.17, 15) is 4.79 Å². The second kappa shape index (κ2) is 4.74. The summed E-state index contributed by atoms with van der Waals surface area (Å²) in [7, 11) is -0.311. The Balaban J connectivity index is 2.16. The molecule has 1 unspecified atom stereocenters. The quantitative estimate of drug-likeness (QED) is 0.694. The first kappa shape index (κ1) is 15.8. The van der Waals surface area contributed by atoms with E-state index in [-0.39, 0.29) is 35.6 Å². The largest absolute Gasteiger partial charge is 0.482 e. The fraction of sp³-hybridized carbons (Fsp3) is 0.933. The number of nitrogens with zero attached hydrogens (tertiary/aromatic N) is 1. The number of rotatable bonds is 1. The summed E-state index contributed by atoms with van der Waals surface area (Å²) in [6.07, 6.45) is 1.98. The van der Waals surface area contributed by atoms with E-state index in [4.69, 9.17) is 9.31 Å². The van der Waals surface area contributed by atoms with Crippen LogP contribution >= 0.6 is 0 Å². The van der Waals surface area contributed by atoms with Crippen molar-refractivity contribution in [1.82, 2.24) is 4.90 Å². The molecule has 2 rings (SSSR count). The lowest BCUT2D eigenvalue weighted by atomic mass is 9.76. The van der Waals surface area contributed by atoms with E-state index in [2.05, 4.69) is 27.7 Å². The van der Waals surface area contributed by atoms with Crippen molar-refractivity contribution in [2.24, 2.45) is 5.41 Å². The average Bonchev–Trinajstić information content (AvgIpc) is 2.79. The zero-order chi connectivity index (χ0) is 15.3. The van der Waals surface area contributed by atoms with Gasteiger partial charge >= 0.3 is 7.12 Å². The van der Waals surface area contributed by atoms with E-state index in [0.717, 1.165) is 19.4 Å². The molecule has 0 spiro atoms. The summed E-state index contributed by atoms with van der Waals surface area (Å²) >= 11 is 0. The van der Waals surface area contributed by atoms with Gasteiger partial charge in [0, 0.05) is 12.0 Å². The van der Waals surface area contributed by atoms with Gasteiger partial charge in [0.15, 0.2) is 0 Å². The Morgan fingerprint density at radius 3 is 2.10 bits per heavy atom. The molecule has 114 valence electrons. The standard InChI is InChI=1S/C15H28BNO3/c1-13(2,3)12(18)17-10-8-9-11(17)16-19-14(4,5)15(6,7)20-16/h11H,8-10H2,1-7H3. The molecule has 20 heavy (non-hydrogen) atoms. The van der Waals surface area contributed by atoms with Crippen LogP contribution in [-0.4, -0.2) is 41.6 Å². The molecule has 2 heterocycles. The molecule has 2 fully saturated rings. The summed E-state index contributed by atoms with van der Waals surface area (Å²) in [5.41, 5.74) is -1.03. The minimum Gasteiger partial charge on any atom is -0.402 e. The van der Waals surface area contributed by atoms with Crippen LogP contribution in [0.5, 0.6) is 0 Å². The summed E-state index contributed by atoms with van der Waals surface area (Å²) in [4.78, 5) is 14.5. The number of hydrogen-bond donors (Lipinski definition) is 0. The molecular formula is C15H28BNO3. The normalized spacial score (nSPS) is 29.1. The van der Waals surface area contributed by atoms with Crippen LogP contribution < -0.4 is 0 Å². The van der Waals surface area contributed by atoms with Gasteiger partial charge in [-0.1, -0.05) is 20.8 Å². The van der Waals surface area contributed by atoms with Crippen LogP contribution in [0.4, 0.5) is 0 Å². The summed E-state index contributed by atoms with van der Waals surface area (Å²) in [5, 5.41) is 0. The molecule has 2 aliphatic rings. The Morgan fingerprint density at radius 2 is 1.65 bits per heavy atom. The van der Waals surface area contributed by atoms with Gasteiger partial charge in [-0.2, -0.15) is 0 Å². The van der Waals surface area contributed by atoms with Crippen LogP contribution in [-0.2, 0) is 14.1 Å². The minimum atomic E-state index is -0.355.